The van der Waals surface area contributed by atoms with Crippen LogP contribution >= 0.6 is 23.1 Å². The van der Waals surface area contributed by atoms with E-state index >= 15 is 0 Å². The molecule has 1 amide bonds. The zero-order valence-corrected chi connectivity index (χ0v) is 13.0. The number of aromatic nitrogens is 3. The van der Waals surface area contributed by atoms with E-state index in [1.54, 1.807) is 30.3 Å². The number of hydrogen-bond acceptors (Lipinski definition) is 5. The van der Waals surface area contributed by atoms with Crippen molar-refractivity contribution in [2.24, 2.45) is 0 Å². The van der Waals surface area contributed by atoms with Gasteiger partial charge < -0.3 is 4.90 Å². The zero-order chi connectivity index (χ0) is 14.3. The van der Waals surface area contributed by atoms with Crippen molar-refractivity contribution in [3.63, 3.8) is 0 Å². The summed E-state index contributed by atoms with van der Waals surface area (Å²) in [6.45, 7) is 1.89. The summed E-state index contributed by atoms with van der Waals surface area (Å²) in [4.78, 5) is 14.4. The molecule has 0 aliphatic rings. The Morgan fingerprint density at radius 1 is 1.35 bits per heavy atom. The highest BCUT2D eigenvalue weighted by Crippen LogP contribution is 2.31. The van der Waals surface area contributed by atoms with Crippen molar-refractivity contribution in [3.8, 4) is 0 Å². The van der Waals surface area contributed by atoms with E-state index in [1.807, 2.05) is 29.5 Å². The lowest BCUT2D eigenvalue weighted by molar-refractivity contribution is -0.127. The molecule has 7 heteroatoms. The van der Waals surface area contributed by atoms with E-state index in [1.165, 1.54) is 16.5 Å². The van der Waals surface area contributed by atoms with Gasteiger partial charge in [0, 0.05) is 14.1 Å². The Hall–Kier alpha value is -1.60. The van der Waals surface area contributed by atoms with Gasteiger partial charge in [0.2, 0.25) is 10.9 Å². The molecule has 0 fully saturated rings. The number of fused-ring (bicyclic) bond motifs is 3. The molecule has 20 heavy (non-hydrogen) atoms. The maximum atomic E-state index is 12.0. The maximum Gasteiger partial charge on any atom is 0.235 e. The highest BCUT2D eigenvalue weighted by atomic mass is 32.2. The number of benzene rings is 1. The predicted octanol–water partition coefficient (Wildman–Crippen LogP) is 2.51. The van der Waals surface area contributed by atoms with Gasteiger partial charge >= 0.3 is 0 Å². The van der Waals surface area contributed by atoms with Gasteiger partial charge in [0.05, 0.1) is 15.5 Å². The monoisotopic (exact) mass is 306 g/mol. The molecule has 2 heterocycles. The van der Waals surface area contributed by atoms with Gasteiger partial charge in [-0.05, 0) is 19.1 Å². The molecule has 0 saturated heterocycles. The van der Waals surface area contributed by atoms with Crippen LogP contribution in [0.2, 0.25) is 0 Å². The first kappa shape index (κ1) is 13.4. The summed E-state index contributed by atoms with van der Waals surface area (Å²) < 4.78 is 3.19. The average Bonchev–Trinajstić information content (AvgIpc) is 2.97. The van der Waals surface area contributed by atoms with E-state index in [9.17, 15) is 4.79 Å². The molecule has 0 bridgehead atoms. The van der Waals surface area contributed by atoms with Gasteiger partial charge in [0.25, 0.3) is 0 Å². The standard InChI is InChI=1S/C13H14N4OS2/c1-8(11(18)16(2)3)19-12-14-15-13-17(12)9-6-4-5-7-10(9)20-13/h4-8H,1-3H3. The van der Waals surface area contributed by atoms with Crippen molar-refractivity contribution < 1.29 is 4.79 Å². The molecule has 5 nitrogen and oxygen atoms in total. The minimum absolute atomic E-state index is 0.0753. The quantitative estimate of drug-likeness (QED) is 0.698. The van der Waals surface area contributed by atoms with Crippen LogP contribution in [0.1, 0.15) is 6.92 Å². The third-order valence-electron chi connectivity index (χ3n) is 2.98. The summed E-state index contributed by atoms with van der Waals surface area (Å²) in [6.07, 6.45) is 0. The summed E-state index contributed by atoms with van der Waals surface area (Å²) in [6, 6.07) is 8.12. The van der Waals surface area contributed by atoms with Crippen LogP contribution in [0.25, 0.3) is 15.2 Å². The zero-order valence-electron chi connectivity index (χ0n) is 11.4. The molecule has 2 aromatic heterocycles. The predicted molar refractivity (Wildman–Crippen MR) is 82.4 cm³/mol. The first-order valence-corrected chi connectivity index (χ1v) is 7.88. The Labute approximate surface area is 124 Å². The highest BCUT2D eigenvalue weighted by molar-refractivity contribution is 8.00. The molecule has 0 spiro atoms. The topological polar surface area (TPSA) is 50.5 Å². The van der Waals surface area contributed by atoms with Gasteiger partial charge in [-0.2, -0.15) is 0 Å². The molecule has 0 aliphatic carbocycles. The minimum Gasteiger partial charge on any atom is -0.348 e. The van der Waals surface area contributed by atoms with Crippen molar-refractivity contribution in [2.45, 2.75) is 17.3 Å². The molecule has 0 radical (unpaired) electrons. The third-order valence-corrected chi connectivity index (χ3v) is 5.02. The first-order valence-electron chi connectivity index (χ1n) is 6.18. The number of nitrogens with zero attached hydrogens (tertiary/aromatic N) is 4. The Kier molecular flexibility index (Phi) is 3.39. The van der Waals surface area contributed by atoms with E-state index < -0.39 is 0 Å². The minimum atomic E-state index is -0.184. The molecule has 3 aromatic rings. The molecule has 0 N–H and O–H groups in total. The van der Waals surface area contributed by atoms with E-state index in [-0.39, 0.29) is 11.2 Å². The molecular formula is C13H14N4OS2. The Bertz CT molecular complexity index is 777. The maximum absolute atomic E-state index is 12.0. The van der Waals surface area contributed by atoms with Crippen LogP contribution in [0.15, 0.2) is 29.4 Å². The molecule has 1 aromatic carbocycles. The second-order valence-corrected chi connectivity index (χ2v) is 6.98. The van der Waals surface area contributed by atoms with Gasteiger partial charge in [-0.1, -0.05) is 35.2 Å². The second-order valence-electron chi connectivity index (χ2n) is 4.66. The fourth-order valence-corrected chi connectivity index (χ4v) is 4.03. The molecular weight excluding hydrogens is 292 g/mol. The van der Waals surface area contributed by atoms with Gasteiger partial charge in [-0.15, -0.1) is 10.2 Å². The van der Waals surface area contributed by atoms with Crippen LogP contribution < -0.4 is 0 Å². The van der Waals surface area contributed by atoms with Crippen LogP contribution in [0.3, 0.4) is 0 Å². The van der Waals surface area contributed by atoms with Gasteiger partial charge in [-0.3, -0.25) is 9.20 Å². The average molecular weight is 306 g/mol. The Morgan fingerprint density at radius 3 is 2.85 bits per heavy atom. The summed E-state index contributed by atoms with van der Waals surface area (Å²) in [5, 5.41) is 8.98. The number of rotatable bonds is 3. The molecule has 104 valence electrons. The lowest BCUT2D eigenvalue weighted by Crippen LogP contribution is -2.29. The van der Waals surface area contributed by atoms with Crippen LogP contribution in [-0.4, -0.2) is 44.8 Å². The largest absolute Gasteiger partial charge is 0.348 e. The van der Waals surface area contributed by atoms with E-state index in [2.05, 4.69) is 16.3 Å². The van der Waals surface area contributed by atoms with Gasteiger partial charge in [-0.25, -0.2) is 0 Å². The van der Waals surface area contributed by atoms with Crippen LogP contribution in [0, 0.1) is 0 Å². The molecule has 1 atom stereocenters. The smallest absolute Gasteiger partial charge is 0.235 e. The SMILES string of the molecule is CC(Sc1nnc2sc3ccccc3n12)C(=O)N(C)C. The van der Waals surface area contributed by atoms with Gasteiger partial charge in [0.1, 0.15) is 0 Å². The van der Waals surface area contributed by atoms with Crippen molar-refractivity contribution >= 4 is 44.2 Å². The number of thioether (sulfide) groups is 1. The Balaban J connectivity index is 2.02. The molecule has 0 aliphatic heterocycles. The van der Waals surface area contributed by atoms with E-state index in [0.29, 0.717) is 0 Å². The van der Waals surface area contributed by atoms with E-state index in [4.69, 9.17) is 0 Å². The number of para-hydroxylation sites is 1. The summed E-state index contributed by atoms with van der Waals surface area (Å²) in [5.74, 6) is 0.0753. The van der Waals surface area contributed by atoms with Crippen LogP contribution in [0.5, 0.6) is 0 Å². The van der Waals surface area contributed by atoms with Crippen molar-refractivity contribution in [2.75, 3.05) is 14.1 Å². The number of thiazole rings is 1. The van der Waals surface area contributed by atoms with Gasteiger partial charge in [0.15, 0.2) is 5.16 Å². The molecule has 3 rings (SSSR count). The van der Waals surface area contributed by atoms with Crippen LogP contribution in [0.4, 0.5) is 0 Å². The fourth-order valence-electron chi connectivity index (χ4n) is 2.00. The van der Waals surface area contributed by atoms with Crippen molar-refractivity contribution in [3.05, 3.63) is 24.3 Å². The van der Waals surface area contributed by atoms with Crippen molar-refractivity contribution in [1.29, 1.82) is 0 Å². The number of amides is 1. The summed E-state index contributed by atoms with van der Waals surface area (Å²) >= 11 is 3.05. The summed E-state index contributed by atoms with van der Waals surface area (Å²) in [7, 11) is 3.53. The summed E-state index contributed by atoms with van der Waals surface area (Å²) in [5.41, 5.74) is 1.09. The lowest BCUT2D eigenvalue weighted by atomic mass is 10.3. The van der Waals surface area contributed by atoms with Crippen LogP contribution in [-0.2, 0) is 4.79 Å². The lowest BCUT2D eigenvalue weighted by Gasteiger charge is -2.15. The van der Waals surface area contributed by atoms with E-state index in [0.717, 1.165) is 15.6 Å². The Morgan fingerprint density at radius 2 is 2.10 bits per heavy atom. The van der Waals surface area contributed by atoms with Crippen molar-refractivity contribution in [1.82, 2.24) is 19.5 Å². The first-order chi connectivity index (χ1) is 9.58. The number of carbonyl (C=O) groups is 1. The third kappa shape index (κ3) is 2.16. The number of carbonyl (C=O) groups excluding carboxylic acids is 1. The normalized spacial score (nSPS) is 12.9. The molecule has 1 unspecified atom stereocenters. The molecule has 0 saturated carbocycles. The number of hydrogen-bond donors (Lipinski definition) is 0. The second kappa shape index (κ2) is 5.06. The fraction of sp³-hybridized carbons (Fsp3) is 0.308. The highest BCUT2D eigenvalue weighted by Gasteiger charge is 2.20.